The van der Waals surface area contributed by atoms with E-state index >= 15 is 0 Å². The van der Waals surface area contributed by atoms with Crippen LogP contribution in [0.5, 0.6) is 0 Å². The molecule has 67 heavy (non-hydrogen) atoms. The Balaban J connectivity index is 1.06. The third kappa shape index (κ3) is 11.2. The number of aliphatic hydroxyl groups excluding tert-OH is 20. The van der Waals surface area contributed by atoms with Gasteiger partial charge in [-0.3, -0.25) is 0 Å². The van der Waals surface area contributed by atoms with Crippen molar-refractivity contribution in [2.45, 2.75) is 184 Å². The summed E-state index contributed by atoms with van der Waals surface area (Å²) >= 11 is 0. The van der Waals surface area contributed by atoms with Gasteiger partial charge in [0.1, 0.15) is 146 Å². The second-order valence-electron chi connectivity index (χ2n) is 16.8. The second kappa shape index (κ2) is 23.5. The second-order valence-corrected chi connectivity index (χ2v) is 16.8. The Labute approximate surface area is 378 Å². The van der Waals surface area contributed by atoms with Crippen LogP contribution in [0.25, 0.3) is 0 Å². The molecule has 0 aliphatic carbocycles. The SMILES string of the molecule is OC[C@H]1O[C@H](O[C@H]2[C@H](O)[C@@H](O)[C@H](O[C@H]3[C@H](O)[C@@H](O)[C@@H](O[C@H]4O[C@H](CO)[C@@H](O[C@@H]5O[C@H](CO)[C@@H](O[C@H]6O[C@H](CO)[C@@H](O)[C@H](O)[C@H]6O)[C@H](O)[C@H]5O)[C@H](O)[C@H]4O)O[C@@H]3CO)O[C@@H]2CO)[C@H](O)[C@@H](O)[C@@H]1O. The number of ether oxygens (including phenoxy) is 11. The van der Waals surface area contributed by atoms with Gasteiger partial charge in [0.2, 0.25) is 0 Å². The standard InChI is InChI=1S/C36H62O31/c37-1-7-13(43)15(45)21(51)31(57-7)63-27-9(3-39)59-33(23(53)17(27)47)65-29-11(5-41)61-35(25(55)19(29)49)67-36-26(56)20(50)30(12(6-42)62-36)66-34-24(54)18(48)28(10(4-40)60-34)64-32-22(52)16(46)14(44)8(2-38)58-32/h7-56H,1-6H2/t7-,8-,9-,10-,11-,12-,13-,14-,15+,16+,17-,18-,19-,20-,21-,22-,23-,24-,25-,26-,27-,28-,29-,30-,31-,32-,33+,34+,35-,36-/m1/s1. The van der Waals surface area contributed by atoms with Gasteiger partial charge in [-0.25, -0.2) is 0 Å². The van der Waals surface area contributed by atoms with Gasteiger partial charge in [0.25, 0.3) is 0 Å². The zero-order valence-electron chi connectivity index (χ0n) is 35.0. The largest absolute Gasteiger partial charge is 0.394 e. The fourth-order valence-electron chi connectivity index (χ4n) is 8.44. The molecule has 30 atom stereocenters. The molecule has 6 heterocycles. The highest BCUT2D eigenvalue weighted by molar-refractivity contribution is 4.99. The van der Waals surface area contributed by atoms with Crippen molar-refractivity contribution in [2.75, 3.05) is 39.6 Å². The maximum absolute atomic E-state index is 11.2. The predicted octanol–water partition coefficient (Wildman–Crippen LogP) is -14.1. The van der Waals surface area contributed by atoms with Gasteiger partial charge in [0.05, 0.1) is 39.6 Å². The van der Waals surface area contributed by atoms with E-state index in [1.165, 1.54) is 0 Å². The summed E-state index contributed by atoms with van der Waals surface area (Å²) in [5.41, 5.74) is 0. The topological polar surface area (TPSA) is 506 Å². The van der Waals surface area contributed by atoms with Gasteiger partial charge in [-0.1, -0.05) is 0 Å². The molecule has 0 spiro atoms. The summed E-state index contributed by atoms with van der Waals surface area (Å²) in [6.45, 7) is -5.61. The van der Waals surface area contributed by atoms with Crippen LogP contribution in [0.2, 0.25) is 0 Å². The predicted molar refractivity (Wildman–Crippen MR) is 199 cm³/mol. The van der Waals surface area contributed by atoms with E-state index in [2.05, 4.69) is 0 Å². The van der Waals surface area contributed by atoms with Crippen molar-refractivity contribution in [3.05, 3.63) is 0 Å². The van der Waals surface area contributed by atoms with Crippen LogP contribution in [0.4, 0.5) is 0 Å². The van der Waals surface area contributed by atoms with E-state index in [4.69, 9.17) is 52.1 Å². The lowest BCUT2D eigenvalue weighted by Crippen LogP contribution is -2.68. The summed E-state index contributed by atoms with van der Waals surface area (Å²) in [6.07, 6.45) is -56.4. The molecule has 0 aromatic heterocycles. The quantitative estimate of drug-likeness (QED) is 0.0683. The molecule has 0 amide bonds. The van der Waals surface area contributed by atoms with E-state index in [-0.39, 0.29) is 0 Å². The number of aliphatic hydroxyl groups is 20. The van der Waals surface area contributed by atoms with E-state index in [0.29, 0.717) is 0 Å². The molecule has 31 nitrogen and oxygen atoms in total. The van der Waals surface area contributed by atoms with Crippen molar-refractivity contribution in [2.24, 2.45) is 0 Å². The maximum atomic E-state index is 11.2. The van der Waals surface area contributed by atoms with E-state index in [1.807, 2.05) is 0 Å². The molecule has 0 bridgehead atoms. The van der Waals surface area contributed by atoms with Crippen molar-refractivity contribution in [3.63, 3.8) is 0 Å². The third-order valence-electron chi connectivity index (χ3n) is 12.4. The highest BCUT2D eigenvalue weighted by atomic mass is 16.8. The minimum Gasteiger partial charge on any atom is -0.394 e. The van der Waals surface area contributed by atoms with Crippen LogP contribution in [-0.2, 0) is 52.1 Å². The van der Waals surface area contributed by atoms with Gasteiger partial charge >= 0.3 is 0 Å². The van der Waals surface area contributed by atoms with Crippen LogP contribution in [0.1, 0.15) is 0 Å². The molecule has 6 rings (SSSR count). The third-order valence-corrected chi connectivity index (χ3v) is 12.4. The van der Waals surface area contributed by atoms with Gasteiger partial charge in [-0.15, -0.1) is 0 Å². The van der Waals surface area contributed by atoms with Gasteiger partial charge in [0.15, 0.2) is 37.7 Å². The highest BCUT2D eigenvalue weighted by Gasteiger charge is 2.57. The maximum Gasteiger partial charge on any atom is 0.189 e. The van der Waals surface area contributed by atoms with E-state index < -0.39 is 224 Å². The normalized spacial score (nSPS) is 53.4. The zero-order valence-corrected chi connectivity index (χ0v) is 35.0. The van der Waals surface area contributed by atoms with Crippen LogP contribution in [-0.4, -0.2) is 326 Å². The molecule has 0 radical (unpaired) electrons. The number of rotatable bonds is 16. The van der Waals surface area contributed by atoms with E-state index in [9.17, 15) is 102 Å². The van der Waals surface area contributed by atoms with Crippen molar-refractivity contribution in [1.29, 1.82) is 0 Å². The van der Waals surface area contributed by atoms with Crippen molar-refractivity contribution >= 4 is 0 Å². The number of hydrogen-bond acceptors (Lipinski definition) is 31. The molecule has 20 N–H and O–H groups in total. The Bertz CT molecular complexity index is 1390. The molecule has 0 unspecified atom stereocenters. The van der Waals surface area contributed by atoms with Gasteiger partial charge in [-0.05, 0) is 0 Å². The van der Waals surface area contributed by atoms with Gasteiger partial charge in [0, 0.05) is 0 Å². The fraction of sp³-hybridized carbons (Fsp3) is 1.00. The molecule has 6 saturated heterocycles. The summed E-state index contributed by atoms with van der Waals surface area (Å²) in [5.74, 6) is 0. The lowest BCUT2D eigenvalue weighted by molar-refractivity contribution is -0.406. The van der Waals surface area contributed by atoms with Crippen LogP contribution < -0.4 is 0 Å². The lowest BCUT2D eigenvalue weighted by atomic mass is 9.95. The van der Waals surface area contributed by atoms with Gasteiger partial charge in [-0.2, -0.15) is 0 Å². The molecule has 0 aromatic carbocycles. The minimum atomic E-state index is -2.18. The molecule has 31 heteroatoms. The first-order valence-electron chi connectivity index (χ1n) is 21.1. The molecule has 392 valence electrons. The minimum absolute atomic E-state index is 0.829. The molecule has 6 aliphatic heterocycles. The summed E-state index contributed by atoms with van der Waals surface area (Å²) in [5, 5.41) is 209. The molecular formula is C36H62O31. The highest BCUT2D eigenvalue weighted by Crippen LogP contribution is 2.36. The average Bonchev–Trinajstić information content (AvgIpc) is 3.32. The monoisotopic (exact) mass is 990 g/mol. The van der Waals surface area contributed by atoms with Crippen molar-refractivity contribution in [3.8, 4) is 0 Å². The van der Waals surface area contributed by atoms with Crippen molar-refractivity contribution in [1.82, 2.24) is 0 Å². The molecule has 0 saturated carbocycles. The smallest absolute Gasteiger partial charge is 0.189 e. The summed E-state index contributed by atoms with van der Waals surface area (Å²) in [7, 11) is 0. The lowest BCUT2D eigenvalue weighted by Gasteiger charge is -2.49. The van der Waals surface area contributed by atoms with Crippen molar-refractivity contribution < 1.29 is 154 Å². The van der Waals surface area contributed by atoms with Crippen LogP contribution >= 0.6 is 0 Å². The average molecular weight is 991 g/mol. The first kappa shape index (κ1) is 55.1. The molecule has 6 aliphatic rings. The Morgan fingerprint density at radius 1 is 0.209 bits per heavy atom. The Morgan fingerprint density at radius 3 is 0.597 bits per heavy atom. The Kier molecular flexibility index (Phi) is 19.4. The summed E-state index contributed by atoms with van der Waals surface area (Å²) in [4.78, 5) is 0. The first-order chi connectivity index (χ1) is 31.8. The summed E-state index contributed by atoms with van der Waals surface area (Å²) in [6, 6.07) is 0. The van der Waals surface area contributed by atoms with Gasteiger partial charge < -0.3 is 154 Å². The molecule has 6 fully saturated rings. The molecule has 0 aromatic rings. The first-order valence-corrected chi connectivity index (χ1v) is 21.1. The van der Waals surface area contributed by atoms with Crippen LogP contribution in [0.3, 0.4) is 0 Å². The molecular weight excluding hydrogens is 928 g/mol. The van der Waals surface area contributed by atoms with E-state index in [0.717, 1.165) is 0 Å². The van der Waals surface area contributed by atoms with E-state index in [1.54, 1.807) is 0 Å². The Hall–Kier alpha value is -1.24. The Morgan fingerprint density at radius 2 is 0.388 bits per heavy atom. The number of hydrogen-bond donors (Lipinski definition) is 20. The zero-order chi connectivity index (χ0) is 49.3. The fourth-order valence-corrected chi connectivity index (χ4v) is 8.44. The van der Waals surface area contributed by atoms with Crippen LogP contribution in [0.15, 0.2) is 0 Å². The summed E-state index contributed by atoms with van der Waals surface area (Å²) < 4.78 is 60.6. The van der Waals surface area contributed by atoms with Crippen LogP contribution in [0, 0.1) is 0 Å².